The first-order valence-electron chi connectivity index (χ1n) is 5.37. The number of hydrogen-bond acceptors (Lipinski definition) is 4. The number of hydrogen-bond donors (Lipinski definition) is 1. The number of halogens is 1. The number of rotatable bonds is 5. The van der Waals surface area contributed by atoms with E-state index in [9.17, 15) is 15.2 Å². The van der Waals surface area contributed by atoms with Crippen molar-refractivity contribution in [3.8, 4) is 0 Å². The molecule has 17 heavy (non-hydrogen) atoms. The summed E-state index contributed by atoms with van der Waals surface area (Å²) in [4.78, 5) is 14.0. The van der Waals surface area contributed by atoms with Crippen molar-refractivity contribution >= 4 is 21.6 Å². The van der Waals surface area contributed by atoms with Gasteiger partial charge in [-0.2, -0.15) is 0 Å². The SMILES string of the molecule is CC(C)CC(O)Cc1ncc([N+](=O)[O-])cc1Br. The van der Waals surface area contributed by atoms with Crippen LogP contribution in [-0.2, 0) is 6.42 Å². The lowest BCUT2D eigenvalue weighted by Gasteiger charge is -2.13. The highest BCUT2D eigenvalue weighted by molar-refractivity contribution is 9.10. The summed E-state index contributed by atoms with van der Waals surface area (Å²) in [6.45, 7) is 4.06. The Bertz CT molecular complexity index is 410. The van der Waals surface area contributed by atoms with Crippen LogP contribution >= 0.6 is 15.9 Å². The third-order valence-corrected chi connectivity index (χ3v) is 2.97. The monoisotopic (exact) mass is 302 g/mol. The van der Waals surface area contributed by atoms with Crippen LogP contribution in [0.5, 0.6) is 0 Å². The van der Waals surface area contributed by atoms with E-state index in [0.717, 1.165) is 0 Å². The fraction of sp³-hybridized carbons (Fsp3) is 0.545. The molecule has 1 N–H and O–H groups in total. The molecule has 0 saturated carbocycles. The molecular formula is C11H15BrN2O3. The molecule has 0 amide bonds. The molecule has 0 spiro atoms. The minimum Gasteiger partial charge on any atom is -0.393 e. The van der Waals surface area contributed by atoms with E-state index in [-0.39, 0.29) is 5.69 Å². The smallest absolute Gasteiger partial charge is 0.288 e. The maximum atomic E-state index is 10.5. The van der Waals surface area contributed by atoms with Gasteiger partial charge in [-0.25, -0.2) is 0 Å². The van der Waals surface area contributed by atoms with Crippen LogP contribution in [0.3, 0.4) is 0 Å². The van der Waals surface area contributed by atoms with Crippen LogP contribution in [-0.4, -0.2) is 21.1 Å². The average molecular weight is 303 g/mol. The third-order valence-electron chi connectivity index (χ3n) is 2.29. The van der Waals surface area contributed by atoms with Gasteiger partial charge in [-0.05, 0) is 28.3 Å². The van der Waals surface area contributed by atoms with Crippen LogP contribution < -0.4 is 0 Å². The molecule has 1 heterocycles. The van der Waals surface area contributed by atoms with E-state index in [1.165, 1.54) is 12.3 Å². The van der Waals surface area contributed by atoms with E-state index < -0.39 is 11.0 Å². The summed E-state index contributed by atoms with van der Waals surface area (Å²) >= 11 is 3.23. The first-order valence-corrected chi connectivity index (χ1v) is 6.16. The number of aliphatic hydroxyl groups excluding tert-OH is 1. The molecule has 0 aliphatic carbocycles. The van der Waals surface area contributed by atoms with E-state index in [1.54, 1.807) is 0 Å². The predicted molar refractivity (Wildman–Crippen MR) is 67.8 cm³/mol. The van der Waals surface area contributed by atoms with Crippen molar-refractivity contribution < 1.29 is 10.0 Å². The standard InChI is InChI=1S/C11H15BrN2O3/c1-7(2)3-9(15)5-11-10(12)4-8(6-13-11)14(16)17/h4,6-7,9,15H,3,5H2,1-2H3. The zero-order valence-electron chi connectivity index (χ0n) is 9.76. The van der Waals surface area contributed by atoms with E-state index in [0.29, 0.717) is 28.9 Å². The van der Waals surface area contributed by atoms with Crippen molar-refractivity contribution in [2.24, 2.45) is 5.92 Å². The van der Waals surface area contributed by atoms with Gasteiger partial charge in [-0.3, -0.25) is 15.1 Å². The van der Waals surface area contributed by atoms with Gasteiger partial charge >= 0.3 is 0 Å². The molecule has 1 aromatic rings. The first-order chi connectivity index (χ1) is 7.90. The fourth-order valence-corrected chi connectivity index (χ4v) is 2.06. The topological polar surface area (TPSA) is 76.3 Å². The Balaban J connectivity index is 2.75. The van der Waals surface area contributed by atoms with Gasteiger partial charge in [0.2, 0.25) is 0 Å². The lowest BCUT2D eigenvalue weighted by atomic mass is 10.0. The highest BCUT2D eigenvalue weighted by Gasteiger charge is 2.14. The molecular weight excluding hydrogens is 288 g/mol. The number of aliphatic hydroxyl groups is 1. The fourth-order valence-electron chi connectivity index (χ4n) is 1.56. The Labute approximate surface area is 108 Å². The summed E-state index contributed by atoms with van der Waals surface area (Å²) < 4.78 is 0.564. The van der Waals surface area contributed by atoms with E-state index >= 15 is 0 Å². The molecule has 0 aliphatic rings. The summed E-state index contributed by atoms with van der Waals surface area (Å²) in [5.41, 5.74) is 0.586. The van der Waals surface area contributed by atoms with Gasteiger partial charge < -0.3 is 5.11 Å². The highest BCUT2D eigenvalue weighted by atomic mass is 79.9. The highest BCUT2D eigenvalue weighted by Crippen LogP contribution is 2.22. The molecule has 94 valence electrons. The van der Waals surface area contributed by atoms with Gasteiger partial charge in [-0.15, -0.1) is 0 Å². The summed E-state index contributed by atoms with van der Waals surface area (Å²) in [6.07, 6.45) is 1.82. The lowest BCUT2D eigenvalue weighted by molar-refractivity contribution is -0.385. The molecule has 0 aliphatic heterocycles. The largest absolute Gasteiger partial charge is 0.393 e. The molecule has 0 bridgehead atoms. The van der Waals surface area contributed by atoms with E-state index in [2.05, 4.69) is 20.9 Å². The molecule has 1 aromatic heterocycles. The van der Waals surface area contributed by atoms with Crippen molar-refractivity contribution in [1.29, 1.82) is 0 Å². The normalized spacial score (nSPS) is 12.8. The summed E-state index contributed by atoms with van der Waals surface area (Å²) in [5.74, 6) is 0.404. The second-order valence-corrected chi connectivity index (χ2v) is 5.22. The number of aromatic nitrogens is 1. The third kappa shape index (κ3) is 4.40. The second kappa shape index (κ2) is 6.07. The van der Waals surface area contributed by atoms with Gasteiger partial charge in [0.05, 0.1) is 16.7 Å². The quantitative estimate of drug-likeness (QED) is 0.670. The van der Waals surface area contributed by atoms with Gasteiger partial charge in [0.1, 0.15) is 6.20 Å². The average Bonchev–Trinajstić information content (AvgIpc) is 2.19. The Hall–Kier alpha value is -1.01. The van der Waals surface area contributed by atoms with E-state index in [4.69, 9.17) is 0 Å². The molecule has 1 atom stereocenters. The Kier molecular flexibility index (Phi) is 5.02. The Morgan fingerprint density at radius 2 is 2.24 bits per heavy atom. The lowest BCUT2D eigenvalue weighted by Crippen LogP contribution is -2.14. The maximum Gasteiger partial charge on any atom is 0.288 e. The summed E-state index contributed by atoms with van der Waals surface area (Å²) in [5, 5.41) is 20.3. The molecule has 0 saturated heterocycles. The van der Waals surface area contributed by atoms with Gasteiger partial charge in [0, 0.05) is 17.0 Å². The van der Waals surface area contributed by atoms with Crippen molar-refractivity contribution in [3.05, 3.63) is 32.5 Å². The van der Waals surface area contributed by atoms with Crippen LogP contribution in [0.1, 0.15) is 26.0 Å². The van der Waals surface area contributed by atoms with Crippen molar-refractivity contribution in [2.45, 2.75) is 32.8 Å². The first kappa shape index (κ1) is 14.1. The van der Waals surface area contributed by atoms with Gasteiger partial charge in [0.25, 0.3) is 5.69 Å². The van der Waals surface area contributed by atoms with Crippen molar-refractivity contribution in [3.63, 3.8) is 0 Å². The van der Waals surface area contributed by atoms with Gasteiger partial charge in [-0.1, -0.05) is 13.8 Å². The molecule has 1 rings (SSSR count). The van der Waals surface area contributed by atoms with Crippen LogP contribution in [0.2, 0.25) is 0 Å². The number of pyridine rings is 1. The number of nitro groups is 1. The molecule has 0 fully saturated rings. The minimum atomic E-state index is -0.494. The minimum absolute atomic E-state index is 0.0565. The van der Waals surface area contributed by atoms with Crippen molar-refractivity contribution in [2.75, 3.05) is 0 Å². The molecule has 1 unspecified atom stereocenters. The second-order valence-electron chi connectivity index (χ2n) is 4.37. The number of nitrogens with zero attached hydrogens (tertiary/aromatic N) is 2. The molecule has 0 radical (unpaired) electrons. The van der Waals surface area contributed by atoms with Gasteiger partial charge in [0.15, 0.2) is 0 Å². The Morgan fingerprint density at radius 3 is 2.71 bits per heavy atom. The van der Waals surface area contributed by atoms with Crippen LogP contribution in [0.25, 0.3) is 0 Å². The molecule has 6 heteroatoms. The molecule has 0 aromatic carbocycles. The van der Waals surface area contributed by atoms with E-state index in [1.807, 2.05) is 13.8 Å². The summed E-state index contributed by atoms with van der Waals surface area (Å²) in [7, 11) is 0. The van der Waals surface area contributed by atoms with Crippen LogP contribution in [0.4, 0.5) is 5.69 Å². The zero-order chi connectivity index (χ0) is 13.0. The predicted octanol–water partition coefficient (Wildman–Crippen LogP) is 2.70. The van der Waals surface area contributed by atoms with Crippen LogP contribution in [0.15, 0.2) is 16.7 Å². The zero-order valence-corrected chi connectivity index (χ0v) is 11.3. The molecule has 5 nitrogen and oxygen atoms in total. The van der Waals surface area contributed by atoms with Crippen LogP contribution in [0, 0.1) is 16.0 Å². The maximum absolute atomic E-state index is 10.5. The Morgan fingerprint density at radius 1 is 1.59 bits per heavy atom. The summed E-state index contributed by atoms with van der Waals surface area (Å²) in [6, 6.07) is 1.41. The van der Waals surface area contributed by atoms with Crippen molar-refractivity contribution in [1.82, 2.24) is 4.98 Å².